The molecule has 10 heteroatoms. The van der Waals surface area contributed by atoms with Crippen LogP contribution in [0.4, 0.5) is 11.4 Å². The smallest absolute Gasteiger partial charge is 0.276 e. The van der Waals surface area contributed by atoms with Gasteiger partial charge < -0.3 is 20.0 Å². The molecule has 1 aromatic heterocycles. The predicted molar refractivity (Wildman–Crippen MR) is 130 cm³/mol. The molecular weight excluding hydrogens is 436 g/mol. The number of benzene rings is 1. The summed E-state index contributed by atoms with van der Waals surface area (Å²) in [6, 6.07) is 6.02. The highest BCUT2D eigenvalue weighted by Gasteiger charge is 2.27. The summed E-state index contributed by atoms with van der Waals surface area (Å²) in [6.07, 6.45) is 4.92. The number of hydrogen-bond donors (Lipinski definition) is 5. The maximum Gasteiger partial charge on any atom is 0.276 e. The topological polar surface area (TPSA) is 132 Å². The van der Waals surface area contributed by atoms with Gasteiger partial charge in [0.25, 0.3) is 5.56 Å². The van der Waals surface area contributed by atoms with Crippen molar-refractivity contribution < 1.29 is 14.7 Å². The summed E-state index contributed by atoms with van der Waals surface area (Å²) in [6.45, 7) is 6.30. The van der Waals surface area contributed by atoms with Gasteiger partial charge in [-0.25, -0.2) is 15.9 Å². The highest BCUT2D eigenvalue weighted by atomic mass is 16.5. The SMILES string of the molecule is CCCC1NNc2c1nc(-c1cc(N3CCC(CCC(=O)NO)CC3)ccc1OCC)[nH]c2=O. The van der Waals surface area contributed by atoms with Crippen LogP contribution in [0.15, 0.2) is 23.0 Å². The van der Waals surface area contributed by atoms with Crippen molar-refractivity contribution in [1.29, 1.82) is 0 Å². The quantitative estimate of drug-likeness (QED) is 0.279. The van der Waals surface area contributed by atoms with Gasteiger partial charge in [0.1, 0.15) is 17.3 Å². The van der Waals surface area contributed by atoms with E-state index in [-0.39, 0.29) is 17.5 Å². The third-order valence-corrected chi connectivity index (χ3v) is 6.63. The van der Waals surface area contributed by atoms with Gasteiger partial charge in [0.05, 0.1) is 23.9 Å². The number of H-pyrrole nitrogens is 1. The van der Waals surface area contributed by atoms with E-state index in [0.29, 0.717) is 36.2 Å². The molecule has 10 nitrogen and oxygen atoms in total. The Labute approximate surface area is 199 Å². The maximum atomic E-state index is 12.8. The monoisotopic (exact) mass is 470 g/mol. The number of carbonyl (C=O) groups is 1. The molecule has 1 atom stereocenters. The Morgan fingerprint density at radius 3 is 2.76 bits per heavy atom. The fourth-order valence-corrected chi connectivity index (χ4v) is 4.77. The first-order chi connectivity index (χ1) is 16.5. The first kappa shape index (κ1) is 24.0. The van der Waals surface area contributed by atoms with E-state index in [1.54, 1.807) is 5.48 Å². The van der Waals surface area contributed by atoms with Crippen LogP contribution in [-0.2, 0) is 4.79 Å². The highest BCUT2D eigenvalue weighted by molar-refractivity contribution is 5.74. The van der Waals surface area contributed by atoms with Crippen molar-refractivity contribution >= 4 is 17.3 Å². The number of fused-ring (bicyclic) bond motifs is 1. The number of ether oxygens (including phenoxy) is 1. The lowest BCUT2D eigenvalue weighted by atomic mass is 9.91. The molecule has 1 saturated heterocycles. The zero-order valence-corrected chi connectivity index (χ0v) is 19.8. The van der Waals surface area contributed by atoms with E-state index in [1.807, 2.05) is 25.1 Å². The summed E-state index contributed by atoms with van der Waals surface area (Å²) < 4.78 is 5.88. The lowest BCUT2D eigenvalue weighted by Crippen LogP contribution is -2.34. The minimum absolute atomic E-state index is 0.00767. The van der Waals surface area contributed by atoms with Crippen LogP contribution in [0.1, 0.15) is 64.1 Å². The fraction of sp³-hybridized carbons (Fsp3) is 0.542. The number of carbonyl (C=O) groups excluding carboxylic acids is 1. The van der Waals surface area contributed by atoms with Crippen molar-refractivity contribution in [2.24, 2.45) is 5.92 Å². The highest BCUT2D eigenvalue weighted by Crippen LogP contribution is 2.36. The number of aromatic nitrogens is 2. The zero-order valence-electron chi connectivity index (χ0n) is 19.8. The van der Waals surface area contributed by atoms with Crippen molar-refractivity contribution in [3.05, 3.63) is 34.2 Å². The Hall–Kier alpha value is -3.11. The van der Waals surface area contributed by atoms with Gasteiger partial charge in [-0.05, 0) is 56.7 Å². The average Bonchev–Trinajstić information content (AvgIpc) is 3.27. The molecule has 2 aliphatic heterocycles. The van der Waals surface area contributed by atoms with Gasteiger partial charge in [0.2, 0.25) is 5.91 Å². The van der Waals surface area contributed by atoms with Gasteiger partial charge >= 0.3 is 0 Å². The number of piperidine rings is 1. The Bertz CT molecular complexity index is 1060. The number of hydrazine groups is 1. The molecule has 34 heavy (non-hydrogen) atoms. The molecular formula is C24H34N6O4. The molecule has 0 spiro atoms. The van der Waals surface area contributed by atoms with Crippen LogP contribution in [0.2, 0.25) is 0 Å². The minimum Gasteiger partial charge on any atom is -0.493 e. The molecule has 1 unspecified atom stereocenters. The molecule has 1 aromatic carbocycles. The van der Waals surface area contributed by atoms with Crippen LogP contribution >= 0.6 is 0 Å². The van der Waals surface area contributed by atoms with Crippen molar-refractivity contribution in [1.82, 2.24) is 20.9 Å². The van der Waals surface area contributed by atoms with E-state index in [0.717, 1.165) is 62.1 Å². The second kappa shape index (κ2) is 10.9. The molecule has 1 amide bonds. The summed E-state index contributed by atoms with van der Waals surface area (Å²) >= 11 is 0. The normalized spacial score (nSPS) is 17.9. The predicted octanol–water partition coefficient (Wildman–Crippen LogP) is 3.11. The Kier molecular flexibility index (Phi) is 7.69. The maximum absolute atomic E-state index is 12.8. The summed E-state index contributed by atoms with van der Waals surface area (Å²) in [5.74, 6) is 1.32. The van der Waals surface area contributed by atoms with E-state index in [2.05, 4.69) is 27.7 Å². The van der Waals surface area contributed by atoms with Gasteiger partial charge in [0.15, 0.2) is 0 Å². The Morgan fingerprint density at radius 2 is 2.06 bits per heavy atom. The van der Waals surface area contributed by atoms with Crippen molar-refractivity contribution in [3.63, 3.8) is 0 Å². The van der Waals surface area contributed by atoms with Crippen LogP contribution in [0.25, 0.3) is 11.4 Å². The third-order valence-electron chi connectivity index (χ3n) is 6.63. The number of aromatic amines is 1. The molecule has 1 fully saturated rings. The number of nitrogens with one attached hydrogen (secondary N) is 4. The molecule has 4 rings (SSSR count). The zero-order chi connectivity index (χ0) is 24.1. The first-order valence-corrected chi connectivity index (χ1v) is 12.1. The molecule has 0 radical (unpaired) electrons. The second-order valence-electron chi connectivity index (χ2n) is 8.90. The van der Waals surface area contributed by atoms with E-state index in [1.165, 1.54) is 0 Å². The van der Waals surface area contributed by atoms with Crippen molar-refractivity contribution in [2.45, 2.75) is 58.4 Å². The number of rotatable bonds is 9. The van der Waals surface area contributed by atoms with Crippen molar-refractivity contribution in [3.8, 4) is 17.1 Å². The number of anilines is 2. The molecule has 0 saturated carbocycles. The van der Waals surface area contributed by atoms with Crippen LogP contribution in [-0.4, -0.2) is 40.8 Å². The summed E-state index contributed by atoms with van der Waals surface area (Å²) in [5, 5.41) is 8.69. The van der Waals surface area contributed by atoms with Crippen LogP contribution < -0.4 is 31.5 Å². The van der Waals surface area contributed by atoms with Gasteiger partial charge in [-0.1, -0.05) is 13.3 Å². The first-order valence-electron chi connectivity index (χ1n) is 12.1. The van der Waals surface area contributed by atoms with Crippen molar-refractivity contribution in [2.75, 3.05) is 30.0 Å². The fourth-order valence-electron chi connectivity index (χ4n) is 4.77. The molecule has 0 aliphatic carbocycles. The van der Waals surface area contributed by atoms with Gasteiger partial charge in [-0.15, -0.1) is 0 Å². The standard InChI is InChI=1S/C24H34N6O4/c1-3-5-18-21-22(28-27-18)24(32)26-23(25-21)17-14-16(7-8-19(17)34-4-2)30-12-10-15(11-13-30)6-9-20(31)29-33/h7-8,14-15,18,27-28,33H,3-6,9-13H2,1-2H3,(H,29,31)(H,25,26,32). The van der Waals surface area contributed by atoms with E-state index >= 15 is 0 Å². The van der Waals surface area contributed by atoms with Crippen LogP contribution in [0.3, 0.4) is 0 Å². The minimum atomic E-state index is -0.332. The average molecular weight is 471 g/mol. The number of hydroxylamine groups is 1. The largest absolute Gasteiger partial charge is 0.493 e. The Morgan fingerprint density at radius 1 is 1.26 bits per heavy atom. The van der Waals surface area contributed by atoms with E-state index < -0.39 is 0 Å². The summed E-state index contributed by atoms with van der Waals surface area (Å²) in [4.78, 5) is 34.2. The van der Waals surface area contributed by atoms with Gasteiger partial charge in [0, 0.05) is 25.2 Å². The van der Waals surface area contributed by atoms with Gasteiger partial charge in [-0.2, -0.15) is 0 Å². The molecule has 184 valence electrons. The van der Waals surface area contributed by atoms with Gasteiger partial charge in [-0.3, -0.25) is 14.8 Å². The number of hydrogen-bond acceptors (Lipinski definition) is 8. The molecule has 0 bridgehead atoms. The number of nitrogens with zero attached hydrogens (tertiary/aromatic N) is 2. The second-order valence-corrected chi connectivity index (χ2v) is 8.90. The molecule has 5 N–H and O–H groups in total. The summed E-state index contributed by atoms with van der Waals surface area (Å²) in [5.41, 5.74) is 10.7. The van der Waals surface area contributed by atoms with Crippen LogP contribution in [0.5, 0.6) is 5.75 Å². The van der Waals surface area contributed by atoms with E-state index in [9.17, 15) is 9.59 Å². The summed E-state index contributed by atoms with van der Waals surface area (Å²) in [7, 11) is 0. The Balaban J connectivity index is 1.57. The third kappa shape index (κ3) is 5.18. The van der Waals surface area contributed by atoms with Crippen LogP contribution in [0, 0.1) is 5.92 Å². The molecule has 2 aromatic rings. The lowest BCUT2D eigenvalue weighted by molar-refractivity contribution is -0.129. The lowest BCUT2D eigenvalue weighted by Gasteiger charge is -2.34. The molecule has 2 aliphatic rings. The molecule has 3 heterocycles. The van der Waals surface area contributed by atoms with E-state index in [4.69, 9.17) is 14.9 Å². The number of amides is 1.